The van der Waals surface area contributed by atoms with Crippen LogP contribution in [0.15, 0.2) is 24.3 Å². The SMILES string of the molecule is CC1CCc2nc(NC(=O)c3ccc(NC(=O)OC(C)(C)C)cc3)sc2C1. The molecule has 0 bridgehead atoms. The smallest absolute Gasteiger partial charge is 0.412 e. The summed E-state index contributed by atoms with van der Waals surface area (Å²) in [5.41, 5.74) is 1.63. The predicted octanol–water partition coefficient (Wildman–Crippen LogP) is 4.87. The van der Waals surface area contributed by atoms with E-state index in [4.69, 9.17) is 4.74 Å². The van der Waals surface area contributed by atoms with Gasteiger partial charge in [-0.25, -0.2) is 9.78 Å². The molecule has 1 aromatic heterocycles. The lowest BCUT2D eigenvalue weighted by Gasteiger charge is -2.19. The Hall–Kier alpha value is -2.41. The summed E-state index contributed by atoms with van der Waals surface area (Å²) in [6.45, 7) is 7.65. The highest BCUT2D eigenvalue weighted by atomic mass is 32.1. The van der Waals surface area contributed by atoms with Crippen molar-refractivity contribution in [1.82, 2.24) is 4.98 Å². The lowest BCUT2D eigenvalue weighted by molar-refractivity contribution is 0.0636. The first kappa shape index (κ1) is 19.4. The van der Waals surface area contributed by atoms with Crippen LogP contribution in [0, 0.1) is 5.92 Å². The first-order chi connectivity index (χ1) is 12.7. The Bertz CT molecular complexity index is 837. The zero-order valence-electron chi connectivity index (χ0n) is 16.1. The van der Waals surface area contributed by atoms with Gasteiger partial charge in [-0.1, -0.05) is 6.92 Å². The summed E-state index contributed by atoms with van der Waals surface area (Å²) in [4.78, 5) is 30.1. The number of aromatic nitrogens is 1. The number of carbonyl (C=O) groups is 2. The summed E-state index contributed by atoms with van der Waals surface area (Å²) in [5.74, 6) is 0.462. The van der Waals surface area contributed by atoms with Gasteiger partial charge in [0.15, 0.2) is 5.13 Å². The molecule has 144 valence electrons. The van der Waals surface area contributed by atoms with E-state index < -0.39 is 11.7 Å². The maximum Gasteiger partial charge on any atom is 0.412 e. The van der Waals surface area contributed by atoms with E-state index in [1.165, 1.54) is 4.88 Å². The molecule has 0 saturated carbocycles. The normalized spacial score (nSPS) is 16.4. The highest BCUT2D eigenvalue weighted by Gasteiger charge is 2.21. The predicted molar refractivity (Wildman–Crippen MR) is 108 cm³/mol. The van der Waals surface area contributed by atoms with Gasteiger partial charge < -0.3 is 4.74 Å². The minimum absolute atomic E-state index is 0.210. The van der Waals surface area contributed by atoms with Crippen LogP contribution in [0.5, 0.6) is 0 Å². The van der Waals surface area contributed by atoms with Crippen molar-refractivity contribution in [1.29, 1.82) is 0 Å². The van der Waals surface area contributed by atoms with Gasteiger partial charge in [-0.2, -0.15) is 0 Å². The van der Waals surface area contributed by atoms with Gasteiger partial charge in [0.05, 0.1) is 5.69 Å². The molecule has 2 aromatic rings. The van der Waals surface area contributed by atoms with Gasteiger partial charge in [0.2, 0.25) is 0 Å². The van der Waals surface area contributed by atoms with Crippen molar-refractivity contribution in [3.63, 3.8) is 0 Å². The van der Waals surface area contributed by atoms with Gasteiger partial charge >= 0.3 is 6.09 Å². The Balaban J connectivity index is 1.60. The quantitative estimate of drug-likeness (QED) is 0.787. The molecule has 1 aromatic carbocycles. The van der Waals surface area contributed by atoms with Crippen LogP contribution in [0.3, 0.4) is 0 Å². The number of thiazole rings is 1. The number of amides is 2. The van der Waals surface area contributed by atoms with Crippen molar-refractivity contribution in [2.75, 3.05) is 10.6 Å². The molecular formula is C20H25N3O3S. The van der Waals surface area contributed by atoms with Crippen LogP contribution in [-0.4, -0.2) is 22.6 Å². The van der Waals surface area contributed by atoms with E-state index in [1.807, 2.05) is 0 Å². The van der Waals surface area contributed by atoms with Gasteiger partial charge in [-0.15, -0.1) is 11.3 Å². The van der Waals surface area contributed by atoms with Gasteiger partial charge in [-0.3, -0.25) is 15.4 Å². The van der Waals surface area contributed by atoms with E-state index in [1.54, 1.807) is 56.4 Å². The van der Waals surface area contributed by atoms with Crippen molar-refractivity contribution in [2.24, 2.45) is 5.92 Å². The van der Waals surface area contributed by atoms with E-state index in [9.17, 15) is 9.59 Å². The van der Waals surface area contributed by atoms with Crippen molar-refractivity contribution in [3.05, 3.63) is 40.4 Å². The number of anilines is 2. The van der Waals surface area contributed by atoms with Gasteiger partial charge in [0, 0.05) is 16.1 Å². The van der Waals surface area contributed by atoms with Crippen molar-refractivity contribution >= 4 is 34.2 Å². The minimum Gasteiger partial charge on any atom is -0.444 e. The molecule has 0 radical (unpaired) electrons. The zero-order chi connectivity index (χ0) is 19.6. The molecule has 1 aliphatic rings. The van der Waals surface area contributed by atoms with Crippen LogP contribution in [0.4, 0.5) is 15.6 Å². The number of nitrogens with one attached hydrogen (secondary N) is 2. The summed E-state index contributed by atoms with van der Waals surface area (Å²) in [6, 6.07) is 6.68. The Labute approximate surface area is 163 Å². The Morgan fingerprint density at radius 1 is 1.19 bits per heavy atom. The van der Waals surface area contributed by atoms with Crippen LogP contribution in [-0.2, 0) is 17.6 Å². The van der Waals surface area contributed by atoms with Crippen LogP contribution in [0.25, 0.3) is 0 Å². The van der Waals surface area contributed by atoms with E-state index in [2.05, 4.69) is 22.5 Å². The molecule has 27 heavy (non-hydrogen) atoms. The van der Waals surface area contributed by atoms with Crippen LogP contribution < -0.4 is 10.6 Å². The number of hydrogen-bond donors (Lipinski definition) is 2. The molecule has 0 fully saturated rings. The second-order valence-electron chi connectivity index (χ2n) is 7.90. The monoisotopic (exact) mass is 387 g/mol. The molecular weight excluding hydrogens is 362 g/mol. The average molecular weight is 388 g/mol. The molecule has 6 nitrogen and oxygen atoms in total. The number of ether oxygens (including phenoxy) is 1. The van der Waals surface area contributed by atoms with E-state index >= 15 is 0 Å². The third kappa shape index (κ3) is 5.29. The molecule has 2 N–H and O–H groups in total. The lowest BCUT2D eigenvalue weighted by atomic mass is 9.93. The molecule has 7 heteroatoms. The second-order valence-corrected chi connectivity index (χ2v) is 8.98. The summed E-state index contributed by atoms with van der Waals surface area (Å²) in [7, 11) is 0. The molecule has 0 saturated heterocycles. The van der Waals surface area contributed by atoms with E-state index in [0.29, 0.717) is 22.3 Å². The van der Waals surface area contributed by atoms with Crippen LogP contribution in [0.1, 0.15) is 55.0 Å². The zero-order valence-corrected chi connectivity index (χ0v) is 16.9. The maximum absolute atomic E-state index is 12.5. The third-order valence-corrected chi connectivity index (χ3v) is 5.23. The molecule has 1 aliphatic carbocycles. The maximum atomic E-state index is 12.5. The van der Waals surface area contributed by atoms with Crippen LogP contribution in [0.2, 0.25) is 0 Å². The fourth-order valence-corrected chi connectivity index (χ4v) is 4.06. The summed E-state index contributed by atoms with van der Waals surface area (Å²) in [5, 5.41) is 6.17. The summed E-state index contributed by atoms with van der Waals surface area (Å²) >= 11 is 1.56. The molecule has 1 unspecified atom stereocenters. The molecule has 1 atom stereocenters. The largest absolute Gasteiger partial charge is 0.444 e. The van der Waals surface area contributed by atoms with Crippen molar-refractivity contribution < 1.29 is 14.3 Å². The topological polar surface area (TPSA) is 80.3 Å². The third-order valence-electron chi connectivity index (χ3n) is 4.20. The highest BCUT2D eigenvalue weighted by Crippen LogP contribution is 2.32. The van der Waals surface area contributed by atoms with Gasteiger partial charge in [0.1, 0.15) is 5.60 Å². The Morgan fingerprint density at radius 3 is 2.56 bits per heavy atom. The molecule has 3 rings (SSSR count). The standard InChI is InChI=1S/C20H25N3O3S/c1-12-5-10-15-16(11-12)27-18(22-15)23-17(24)13-6-8-14(9-7-13)21-19(25)26-20(2,3)4/h6-9,12H,5,10-11H2,1-4H3,(H,21,25)(H,22,23,24). The number of rotatable bonds is 3. The van der Waals surface area contributed by atoms with Gasteiger partial charge in [-0.05, 0) is 70.2 Å². The fourth-order valence-electron chi connectivity index (χ4n) is 2.89. The first-order valence-electron chi connectivity index (χ1n) is 9.09. The molecule has 0 aliphatic heterocycles. The van der Waals surface area contributed by atoms with Crippen molar-refractivity contribution in [3.8, 4) is 0 Å². The fraction of sp³-hybridized carbons (Fsp3) is 0.450. The number of carbonyl (C=O) groups excluding carboxylic acids is 2. The Kier molecular flexibility index (Phi) is 5.51. The number of hydrogen-bond acceptors (Lipinski definition) is 5. The number of benzene rings is 1. The number of fused-ring (bicyclic) bond motifs is 1. The summed E-state index contributed by atoms with van der Waals surface area (Å²) < 4.78 is 5.21. The van der Waals surface area contributed by atoms with E-state index in [-0.39, 0.29) is 5.91 Å². The van der Waals surface area contributed by atoms with Gasteiger partial charge in [0.25, 0.3) is 5.91 Å². The lowest BCUT2D eigenvalue weighted by Crippen LogP contribution is -2.27. The average Bonchev–Trinajstić information content (AvgIpc) is 2.94. The highest BCUT2D eigenvalue weighted by molar-refractivity contribution is 7.15. The second kappa shape index (κ2) is 7.68. The summed E-state index contributed by atoms with van der Waals surface area (Å²) in [6.07, 6.45) is 2.64. The molecule has 1 heterocycles. The molecule has 0 spiro atoms. The number of nitrogens with zero attached hydrogens (tertiary/aromatic N) is 1. The Morgan fingerprint density at radius 2 is 1.89 bits per heavy atom. The molecule has 2 amide bonds. The van der Waals surface area contributed by atoms with Crippen LogP contribution >= 0.6 is 11.3 Å². The van der Waals surface area contributed by atoms with E-state index in [0.717, 1.165) is 25.0 Å². The van der Waals surface area contributed by atoms with Crippen molar-refractivity contribution in [2.45, 2.75) is 52.6 Å². The number of aryl methyl sites for hydroxylation is 1. The first-order valence-corrected chi connectivity index (χ1v) is 9.91. The minimum atomic E-state index is -0.561.